The van der Waals surface area contributed by atoms with Crippen molar-refractivity contribution >= 4 is 11.9 Å². The van der Waals surface area contributed by atoms with Crippen molar-refractivity contribution in [3.8, 4) is 0 Å². The number of hydrogen-bond acceptors (Lipinski definition) is 5. The van der Waals surface area contributed by atoms with Crippen molar-refractivity contribution in [2.24, 2.45) is 0 Å². The molecule has 0 spiro atoms. The van der Waals surface area contributed by atoms with Gasteiger partial charge in [-0.15, -0.1) is 0 Å². The van der Waals surface area contributed by atoms with Crippen LogP contribution in [0.25, 0.3) is 0 Å². The first-order valence-electron chi connectivity index (χ1n) is 29.4. The van der Waals surface area contributed by atoms with Crippen molar-refractivity contribution in [2.75, 3.05) is 13.2 Å². The second kappa shape index (κ2) is 55.2. The predicted molar refractivity (Wildman–Crippen MR) is 283 cm³/mol. The Balaban J connectivity index is 3.35. The van der Waals surface area contributed by atoms with Crippen LogP contribution >= 0.6 is 0 Å². The molecule has 0 fully saturated rings. The van der Waals surface area contributed by atoms with Gasteiger partial charge in [-0.25, -0.2) is 0 Å². The first-order valence-corrected chi connectivity index (χ1v) is 29.4. The molecule has 0 saturated heterocycles. The highest BCUT2D eigenvalue weighted by Crippen LogP contribution is 2.18. The van der Waals surface area contributed by atoms with Gasteiger partial charge in [0.05, 0.1) is 25.4 Å². The summed E-state index contributed by atoms with van der Waals surface area (Å²) in [5, 5.41) is 23.2. The quantitative estimate of drug-likeness (QED) is 0.0321. The Morgan fingerprint density at radius 2 is 0.723 bits per heavy atom. The van der Waals surface area contributed by atoms with Gasteiger partial charge in [0, 0.05) is 12.8 Å². The number of amides is 1. The highest BCUT2D eigenvalue weighted by Gasteiger charge is 2.20. The molecule has 0 aromatic heterocycles. The van der Waals surface area contributed by atoms with Crippen LogP contribution in [0.1, 0.15) is 328 Å². The molecule has 0 aromatic carbocycles. The summed E-state index contributed by atoms with van der Waals surface area (Å²) in [5.41, 5.74) is 0. The van der Waals surface area contributed by atoms with Crippen molar-refractivity contribution in [3.63, 3.8) is 0 Å². The number of aliphatic hydroxyl groups excluding tert-OH is 2. The van der Waals surface area contributed by atoms with Crippen LogP contribution in [0, 0.1) is 0 Å². The minimum absolute atomic E-state index is 0.00550. The van der Waals surface area contributed by atoms with E-state index in [0.29, 0.717) is 25.9 Å². The summed E-state index contributed by atoms with van der Waals surface area (Å²) in [4.78, 5) is 24.5. The zero-order valence-electron chi connectivity index (χ0n) is 44.0. The van der Waals surface area contributed by atoms with Crippen LogP contribution in [0.2, 0.25) is 0 Å². The molecule has 6 nitrogen and oxygen atoms in total. The lowest BCUT2D eigenvalue weighted by Gasteiger charge is -2.22. The maximum absolute atomic E-state index is 12.4. The summed E-state index contributed by atoms with van der Waals surface area (Å²) in [6.45, 7) is 4.94. The molecule has 0 aromatic rings. The lowest BCUT2D eigenvalue weighted by molar-refractivity contribution is -0.143. The van der Waals surface area contributed by atoms with Gasteiger partial charge < -0.3 is 20.3 Å². The molecule has 0 aliphatic rings. The molecule has 0 saturated carbocycles. The van der Waals surface area contributed by atoms with Crippen LogP contribution in [0.5, 0.6) is 0 Å². The average Bonchev–Trinajstić information content (AvgIpc) is 3.31. The first kappa shape index (κ1) is 63.6. The molecule has 0 radical (unpaired) electrons. The number of carbonyl (C=O) groups excluding carboxylic acids is 2. The maximum Gasteiger partial charge on any atom is 0.305 e. The van der Waals surface area contributed by atoms with E-state index in [9.17, 15) is 19.8 Å². The van der Waals surface area contributed by atoms with Crippen molar-refractivity contribution in [1.29, 1.82) is 0 Å². The molecule has 3 N–H and O–H groups in total. The minimum Gasteiger partial charge on any atom is -0.466 e. The fourth-order valence-electron chi connectivity index (χ4n) is 9.28. The Labute approximate surface area is 406 Å². The molecule has 0 aliphatic carbocycles. The standard InChI is InChI=1S/C59H115NO5/c1-3-5-7-9-11-13-15-28-33-37-41-45-49-53-59(64)65-54-50-46-42-38-34-30-27-25-23-21-19-17-18-20-22-24-26-29-32-36-40-44-48-52-58(63)60-56(55-61)57(62)51-47-43-39-35-31-16-14-12-10-8-6-4-2/h13,15,56-57,61-62H,3-12,14,16-55H2,1-2H3,(H,60,63)/b15-13-. The van der Waals surface area contributed by atoms with Gasteiger partial charge in [0.15, 0.2) is 0 Å². The van der Waals surface area contributed by atoms with Gasteiger partial charge in [-0.1, -0.05) is 276 Å². The van der Waals surface area contributed by atoms with Crippen LogP contribution in [0.3, 0.4) is 0 Å². The van der Waals surface area contributed by atoms with E-state index in [-0.39, 0.29) is 18.5 Å². The molecule has 0 rings (SSSR count). The second-order valence-electron chi connectivity index (χ2n) is 20.3. The lowest BCUT2D eigenvalue weighted by Crippen LogP contribution is -2.45. The van der Waals surface area contributed by atoms with E-state index in [4.69, 9.17) is 4.74 Å². The zero-order valence-corrected chi connectivity index (χ0v) is 44.0. The van der Waals surface area contributed by atoms with Gasteiger partial charge in [0.2, 0.25) is 5.91 Å². The monoisotopic (exact) mass is 918 g/mol. The summed E-state index contributed by atoms with van der Waals surface area (Å²) in [6, 6.07) is -0.539. The Kier molecular flexibility index (Phi) is 54.0. The molecule has 2 atom stereocenters. The van der Waals surface area contributed by atoms with Crippen molar-refractivity contribution < 1.29 is 24.5 Å². The summed E-state index contributed by atoms with van der Waals surface area (Å²) in [5.74, 6) is -0.0282. The zero-order chi connectivity index (χ0) is 47.2. The van der Waals surface area contributed by atoms with E-state index in [2.05, 4.69) is 31.3 Å². The SMILES string of the molecule is CCCCCC/C=C\CCCCCCCC(=O)OCCCCCCCCCCCCCCCCCCCCCCCCCC(=O)NC(CO)C(O)CCCCCCCCCCCCCC. The van der Waals surface area contributed by atoms with Crippen LogP contribution in [0.4, 0.5) is 0 Å². The largest absolute Gasteiger partial charge is 0.466 e. The Bertz CT molecular complexity index is 970. The number of allylic oxidation sites excluding steroid dienone is 2. The third kappa shape index (κ3) is 51.8. The van der Waals surface area contributed by atoms with Gasteiger partial charge in [0.1, 0.15) is 0 Å². The van der Waals surface area contributed by atoms with Crippen molar-refractivity contribution in [3.05, 3.63) is 12.2 Å². The third-order valence-corrected chi connectivity index (χ3v) is 13.8. The minimum atomic E-state index is -0.662. The van der Waals surface area contributed by atoms with E-state index in [1.165, 1.54) is 250 Å². The third-order valence-electron chi connectivity index (χ3n) is 13.8. The number of nitrogens with one attached hydrogen (secondary N) is 1. The molecule has 65 heavy (non-hydrogen) atoms. The fourth-order valence-corrected chi connectivity index (χ4v) is 9.28. The average molecular weight is 919 g/mol. The summed E-state index contributed by atoms with van der Waals surface area (Å²) in [7, 11) is 0. The van der Waals surface area contributed by atoms with Gasteiger partial charge in [-0.05, 0) is 51.4 Å². The predicted octanol–water partition coefficient (Wildman–Crippen LogP) is 18.1. The van der Waals surface area contributed by atoms with Crippen molar-refractivity contribution in [1.82, 2.24) is 5.32 Å². The van der Waals surface area contributed by atoms with Crippen LogP contribution < -0.4 is 5.32 Å². The van der Waals surface area contributed by atoms with Crippen LogP contribution in [-0.4, -0.2) is 47.4 Å². The maximum atomic E-state index is 12.4. The number of aliphatic hydroxyl groups is 2. The molecule has 0 heterocycles. The smallest absolute Gasteiger partial charge is 0.305 e. The molecular weight excluding hydrogens is 803 g/mol. The van der Waals surface area contributed by atoms with Gasteiger partial charge in [0.25, 0.3) is 0 Å². The molecule has 1 amide bonds. The number of carbonyl (C=O) groups is 2. The van der Waals surface area contributed by atoms with Gasteiger partial charge >= 0.3 is 5.97 Å². The second-order valence-corrected chi connectivity index (χ2v) is 20.3. The molecule has 6 heteroatoms. The van der Waals surface area contributed by atoms with E-state index < -0.39 is 12.1 Å². The molecule has 2 unspecified atom stereocenters. The summed E-state index contributed by atoms with van der Waals surface area (Å²) < 4.78 is 5.47. The number of esters is 1. The van der Waals surface area contributed by atoms with E-state index >= 15 is 0 Å². The fraction of sp³-hybridized carbons (Fsp3) is 0.932. The number of unbranched alkanes of at least 4 members (excludes halogenated alkanes) is 42. The number of hydrogen-bond donors (Lipinski definition) is 3. The summed E-state index contributed by atoms with van der Waals surface area (Å²) >= 11 is 0. The Morgan fingerprint density at radius 3 is 1.11 bits per heavy atom. The Morgan fingerprint density at radius 1 is 0.415 bits per heavy atom. The molecular formula is C59H115NO5. The van der Waals surface area contributed by atoms with Crippen LogP contribution in [-0.2, 0) is 14.3 Å². The normalized spacial score (nSPS) is 12.6. The number of rotatable bonds is 55. The highest BCUT2D eigenvalue weighted by molar-refractivity contribution is 5.76. The summed E-state index contributed by atoms with van der Waals surface area (Å²) in [6.07, 6.45) is 65.0. The highest BCUT2D eigenvalue weighted by atomic mass is 16.5. The van der Waals surface area contributed by atoms with Gasteiger partial charge in [-0.3, -0.25) is 9.59 Å². The van der Waals surface area contributed by atoms with E-state index in [1.807, 2.05) is 0 Å². The first-order chi connectivity index (χ1) is 32.0. The lowest BCUT2D eigenvalue weighted by atomic mass is 10.0. The topological polar surface area (TPSA) is 95.9 Å². The molecule has 386 valence electrons. The van der Waals surface area contributed by atoms with E-state index in [0.717, 1.165) is 44.9 Å². The van der Waals surface area contributed by atoms with E-state index in [1.54, 1.807) is 0 Å². The number of ether oxygens (including phenoxy) is 1. The Hall–Kier alpha value is -1.40. The van der Waals surface area contributed by atoms with Crippen molar-refractivity contribution in [2.45, 2.75) is 341 Å². The van der Waals surface area contributed by atoms with Gasteiger partial charge in [-0.2, -0.15) is 0 Å². The molecule has 0 aliphatic heterocycles. The molecule has 0 bridgehead atoms. The van der Waals surface area contributed by atoms with Crippen LogP contribution in [0.15, 0.2) is 12.2 Å².